The van der Waals surface area contributed by atoms with Crippen LogP contribution in [-0.4, -0.2) is 235 Å². The van der Waals surface area contributed by atoms with Gasteiger partial charge in [-0.2, -0.15) is 16.8 Å². The number of ether oxygens (including phenoxy) is 15. The number of carbonyl (C=O) groups is 7. The molecular formula is C109H138N4O35S2. The number of hydrogen-bond donors (Lipinski definition) is 1. The molecule has 39 nitrogen and oxygen atoms in total. The molecule has 150 heavy (non-hydrogen) atoms. The molecule has 4 unspecified atom stereocenters. The third kappa shape index (κ3) is 40.8. The van der Waals surface area contributed by atoms with Crippen molar-refractivity contribution in [3.63, 3.8) is 0 Å². The van der Waals surface area contributed by atoms with Crippen molar-refractivity contribution in [1.82, 2.24) is 0 Å². The van der Waals surface area contributed by atoms with E-state index >= 15 is 0 Å². The number of benzene rings is 6. The molecule has 816 valence electrons. The maximum atomic E-state index is 13.7. The highest BCUT2D eigenvalue weighted by atomic mass is 32.1. The van der Waals surface area contributed by atoms with Gasteiger partial charge in [-0.25, -0.2) is 19.2 Å². The Morgan fingerprint density at radius 1 is 0.480 bits per heavy atom. The summed E-state index contributed by atoms with van der Waals surface area (Å²) in [6, 6.07) is 39.4. The predicted molar refractivity (Wildman–Crippen MR) is 549 cm³/mol. The summed E-state index contributed by atoms with van der Waals surface area (Å²) in [7, 11) is 4.80. The summed E-state index contributed by atoms with van der Waals surface area (Å²) in [5, 5.41) is 54.7. The van der Waals surface area contributed by atoms with Crippen LogP contribution in [0.3, 0.4) is 0 Å². The van der Waals surface area contributed by atoms with Crippen LogP contribution in [0, 0.1) is 63.1 Å². The minimum Gasteiger partial charge on any atom is -0.465 e. The third-order valence-electron chi connectivity index (χ3n) is 25.9. The average Bonchev–Trinajstić information content (AvgIpc) is 1.64. The lowest BCUT2D eigenvalue weighted by Gasteiger charge is -2.36. The van der Waals surface area contributed by atoms with Crippen molar-refractivity contribution in [2.24, 2.45) is 22.7 Å². The van der Waals surface area contributed by atoms with E-state index in [0.717, 1.165) is 77.5 Å². The van der Waals surface area contributed by atoms with Crippen molar-refractivity contribution in [3.8, 4) is 0 Å². The van der Waals surface area contributed by atoms with E-state index in [-0.39, 0.29) is 156 Å². The fourth-order valence-electron chi connectivity index (χ4n) is 17.8. The van der Waals surface area contributed by atoms with Gasteiger partial charge in [0.15, 0.2) is 0 Å². The molecule has 0 aromatic heterocycles. The van der Waals surface area contributed by atoms with E-state index in [1.54, 1.807) is 28.3 Å². The number of nitro groups is 4. The van der Waals surface area contributed by atoms with Gasteiger partial charge >= 0.3 is 64.9 Å². The minimum atomic E-state index is -1.12. The van der Waals surface area contributed by atoms with Gasteiger partial charge in [-0.05, 0) is 234 Å². The molecule has 0 saturated carbocycles. The maximum Gasteiger partial charge on any atom is 0.338 e. The van der Waals surface area contributed by atoms with Crippen LogP contribution in [0.2, 0.25) is 0 Å². The number of rotatable bonds is 48. The Morgan fingerprint density at radius 3 is 1.21 bits per heavy atom. The normalized spacial score (nSPS) is 21.4. The van der Waals surface area contributed by atoms with Crippen LogP contribution in [-0.2, 0) is 121 Å². The number of aliphatic hydroxyl groups is 1. The van der Waals surface area contributed by atoms with E-state index < -0.39 is 133 Å². The first-order valence-electron chi connectivity index (χ1n) is 49.5. The molecule has 5 heterocycles. The van der Waals surface area contributed by atoms with Crippen LogP contribution in [0.4, 0.5) is 22.7 Å². The maximum absolute atomic E-state index is 13.7. The Labute approximate surface area is 880 Å². The lowest BCUT2D eigenvalue weighted by atomic mass is 9.83. The zero-order chi connectivity index (χ0) is 110. The smallest absolute Gasteiger partial charge is 0.338 e. The van der Waals surface area contributed by atoms with E-state index in [9.17, 15) is 79.1 Å². The molecule has 18 atom stereocenters. The lowest BCUT2D eigenvalue weighted by molar-refractivity contribution is -0.385. The van der Waals surface area contributed by atoms with Crippen molar-refractivity contribution in [1.29, 1.82) is 0 Å². The molecule has 6 aromatic carbocycles. The van der Waals surface area contributed by atoms with Gasteiger partial charge in [0.05, 0.1) is 151 Å². The Hall–Kier alpha value is -12.8. The van der Waals surface area contributed by atoms with Crippen molar-refractivity contribution >= 4 is 87.7 Å². The highest BCUT2D eigenvalue weighted by Gasteiger charge is 2.50. The Kier molecular flexibility index (Phi) is 51.9. The number of nitrogens with zero attached hydrogens (tertiary/aromatic N) is 4. The topological polar surface area (TPSA) is 519 Å². The predicted octanol–water partition coefficient (Wildman–Crippen LogP) is 17.9. The van der Waals surface area contributed by atoms with Gasteiger partial charge in [0.25, 0.3) is 22.7 Å². The second kappa shape index (κ2) is 62.8. The molecule has 6 aromatic rings. The number of esters is 7. The first-order chi connectivity index (χ1) is 71.4. The molecule has 11 rings (SSSR count). The molecule has 5 aliphatic rings. The Balaban J connectivity index is 0.000000334. The summed E-state index contributed by atoms with van der Waals surface area (Å²) in [5.74, 6) is -4.28. The van der Waals surface area contributed by atoms with Gasteiger partial charge < -0.3 is 76.2 Å². The monoisotopic (exact) mass is 2130 g/mol. The summed E-state index contributed by atoms with van der Waals surface area (Å²) in [4.78, 5) is 132. The van der Waals surface area contributed by atoms with Crippen LogP contribution >= 0.6 is 0 Å². The second-order valence-corrected chi connectivity index (χ2v) is 39.4. The van der Waals surface area contributed by atoms with Crippen molar-refractivity contribution < 1.29 is 146 Å². The van der Waals surface area contributed by atoms with Crippen molar-refractivity contribution in [2.45, 2.75) is 289 Å². The van der Waals surface area contributed by atoms with Gasteiger partial charge in [-0.15, -0.1) is 5.73 Å². The molecule has 41 heteroatoms. The van der Waals surface area contributed by atoms with E-state index in [0.29, 0.717) is 77.4 Å². The quantitative estimate of drug-likeness (QED) is 0.00705. The molecule has 4 fully saturated rings. The van der Waals surface area contributed by atoms with Crippen LogP contribution in [0.25, 0.3) is 0 Å². The first-order valence-corrected chi connectivity index (χ1v) is 50.8. The Bertz CT molecular complexity index is 5590. The number of methoxy groups -OCH3 is 3. The van der Waals surface area contributed by atoms with Gasteiger partial charge in [0, 0.05) is 114 Å². The molecule has 5 aliphatic heterocycles. The Morgan fingerprint density at radius 2 is 0.847 bits per heavy atom. The molecule has 0 radical (unpaired) electrons. The zero-order valence-corrected chi connectivity index (χ0v) is 88.6. The molecule has 0 amide bonds. The van der Waals surface area contributed by atoms with E-state index in [2.05, 4.69) is 25.5 Å². The number of hydrogen-bond acceptors (Lipinski definition) is 35. The van der Waals surface area contributed by atoms with E-state index in [4.69, 9.17) is 87.9 Å². The number of non-ortho nitro benzene ring substituents is 4. The molecule has 0 aliphatic carbocycles. The second-order valence-electron chi connectivity index (χ2n) is 39.1. The first kappa shape index (κ1) is 124. The average molecular weight is 2130 g/mol. The molecule has 0 bridgehead atoms. The highest BCUT2D eigenvalue weighted by Crippen LogP contribution is 2.44. The van der Waals surface area contributed by atoms with Crippen LogP contribution in [0.1, 0.15) is 231 Å². The summed E-state index contributed by atoms with van der Waals surface area (Å²) >= 11 is -1.50. The standard InChI is InChI=1S/C55H68N2O16.C33H36N2O11.C21H34O4.2O2S/c1-8-50(58)68-33-45-34(2)27-42(24-25-46-35(3)28-41(70-46)15-12-26-67-54(61)55(4,5)6)71-48(45)31-47-44(29-36-13-10-9-11-14-36)51(66-7)49(73-47)30-43(72-53(60)38-18-22-40(23-19-38)57(64)65)32-69-52(59)37-16-20-39(21-17-37)56(62)63;1-21(42-2)17-29-28(18-22-7-5-4-6-8-22)31(43-3)30(46-29)19-27(45-33(37)24-11-15-26(16-12-24)35(40)41)20-44-32(36)23-9-13-25(14-10-23)34(38)39;1-7-15(2)13-17(22)10-11-19-16(3)14-18(25-19)9-8-12-24-20(23)21(4,5)6;2*1-3-2/h9-11,13-14,16-23,41-44,46-49,51H,3,8,12,15,24-33H2,1-2,4-7H3;4-16,21,27-31H,17-20H2,1-3H3;17-19,22H,1,3,8-14H2,2,4-6H3;;/t41-,42-,43-,44-,46?,47-,48?,49+,51+;21?,27-,28-,29-,30+,31+;17-,18-,19?;;/m000../s1. The summed E-state index contributed by atoms with van der Waals surface area (Å²) in [6.45, 7) is 30.7. The zero-order valence-electron chi connectivity index (χ0n) is 86.9. The van der Waals surface area contributed by atoms with Gasteiger partial charge in [-0.3, -0.25) is 54.8 Å². The lowest BCUT2D eigenvalue weighted by Crippen LogP contribution is -2.38. The number of carbonyl (C=O) groups excluding carboxylic acids is 7. The fourth-order valence-corrected chi connectivity index (χ4v) is 17.8. The van der Waals surface area contributed by atoms with Gasteiger partial charge in [0.1, 0.15) is 32.0 Å². The molecule has 4 saturated heterocycles. The van der Waals surface area contributed by atoms with Gasteiger partial charge in [0.2, 0.25) is 0 Å². The fraction of sp³-hybridized carbons (Fsp3) is 0.523. The SMILES string of the molecule is C=C1C[C@H](CCCOC(=O)C(C)(C)C)OC1CC[C@H]1CC(C)=C(COC(=O)CC)C(C[C@@H]2O[C@H](C[C@@H](COC(=O)c3ccc([N+](=O)[O-])cc3)OC(=O)c3ccc([N+](=O)[O-])cc3)[C@H](OC)[C@H]2Cc2ccccc2)O1.C=C=C(C)C[C@@H](O)CCC1O[C@@H](CCCOC(=O)C(C)(C)C)CC1=C.COC(C)C[C@@H]1O[C@H](C[C@@H](COC(=O)c2ccc([N+](=O)[O-])cc2)OC(=O)c2ccc([N+](=O)[O-])cc2)[C@H](OC)[C@H]1Cc1ccccc1.O=S=O.O=S=O. The van der Waals surface area contributed by atoms with Gasteiger partial charge in [-0.1, -0.05) is 92.9 Å². The summed E-state index contributed by atoms with van der Waals surface area (Å²) in [6.07, 6.45) is 4.67. The van der Waals surface area contributed by atoms with Crippen molar-refractivity contribution in [2.75, 3.05) is 54.4 Å². The highest BCUT2D eigenvalue weighted by molar-refractivity contribution is 7.52. The minimum absolute atomic E-state index is 0.00905. The van der Waals surface area contributed by atoms with Crippen LogP contribution in [0.15, 0.2) is 211 Å². The van der Waals surface area contributed by atoms with E-state index in [1.165, 1.54) is 97.1 Å². The molecule has 1 N–H and O–H groups in total. The van der Waals surface area contributed by atoms with E-state index in [1.807, 2.05) is 123 Å². The largest absolute Gasteiger partial charge is 0.465 e. The molecular weight excluding hydrogens is 1990 g/mol. The molecule has 0 spiro atoms. The number of nitro benzene ring substituents is 4. The summed E-state index contributed by atoms with van der Waals surface area (Å²) in [5.41, 5.74) is 8.29. The van der Waals surface area contributed by atoms with Crippen LogP contribution < -0.4 is 0 Å². The number of aliphatic hydroxyl groups excluding tert-OH is 1. The summed E-state index contributed by atoms with van der Waals surface area (Å²) < 4.78 is 123. The van der Waals surface area contributed by atoms with Crippen molar-refractivity contribution in [3.05, 3.63) is 285 Å². The van der Waals surface area contributed by atoms with Crippen LogP contribution in [0.5, 0.6) is 0 Å². The third-order valence-corrected chi connectivity index (χ3v) is 25.9.